The number of rotatable bonds is 5. The lowest BCUT2D eigenvalue weighted by Crippen LogP contribution is -2.08. The third-order valence-corrected chi connectivity index (χ3v) is 4.22. The Morgan fingerprint density at radius 2 is 2.09 bits per heavy atom. The lowest BCUT2D eigenvalue weighted by Gasteiger charge is -2.04. The SMILES string of the molecule is Cc1cc(C)nc(N/C=C(/C#N)S(=O)(=O)Cc2ccco2)n1. The number of nitrogens with zero attached hydrogens (tertiary/aromatic N) is 3. The molecule has 0 aliphatic heterocycles. The highest BCUT2D eigenvalue weighted by atomic mass is 32.2. The molecule has 0 spiro atoms. The highest BCUT2D eigenvalue weighted by molar-refractivity contribution is 7.94. The molecule has 0 unspecified atom stereocenters. The summed E-state index contributed by atoms with van der Waals surface area (Å²) in [7, 11) is -3.80. The highest BCUT2D eigenvalue weighted by Crippen LogP contribution is 2.15. The summed E-state index contributed by atoms with van der Waals surface area (Å²) in [4.78, 5) is 7.81. The van der Waals surface area contributed by atoms with Gasteiger partial charge in [-0.05, 0) is 32.0 Å². The van der Waals surface area contributed by atoms with Crippen molar-refractivity contribution in [2.45, 2.75) is 19.6 Å². The largest absolute Gasteiger partial charge is 0.468 e. The van der Waals surface area contributed by atoms with E-state index in [-0.39, 0.29) is 17.5 Å². The normalized spacial score (nSPS) is 12.0. The number of aromatic nitrogens is 2. The van der Waals surface area contributed by atoms with Gasteiger partial charge in [0.15, 0.2) is 14.7 Å². The van der Waals surface area contributed by atoms with Crippen LogP contribution >= 0.6 is 0 Å². The van der Waals surface area contributed by atoms with E-state index >= 15 is 0 Å². The summed E-state index contributed by atoms with van der Waals surface area (Å²) < 4.78 is 29.3. The zero-order chi connectivity index (χ0) is 16.2. The van der Waals surface area contributed by atoms with Crippen molar-refractivity contribution in [2.75, 3.05) is 5.32 Å². The minimum absolute atomic E-state index is 0.235. The Balaban J connectivity index is 2.22. The molecule has 0 aliphatic carbocycles. The lowest BCUT2D eigenvalue weighted by atomic mass is 10.4. The highest BCUT2D eigenvalue weighted by Gasteiger charge is 2.20. The second-order valence-electron chi connectivity index (χ2n) is 4.58. The second kappa shape index (κ2) is 6.41. The van der Waals surface area contributed by atoms with Gasteiger partial charge in [0, 0.05) is 17.6 Å². The molecule has 0 fully saturated rings. The monoisotopic (exact) mass is 318 g/mol. The van der Waals surface area contributed by atoms with Crippen molar-refractivity contribution < 1.29 is 12.8 Å². The predicted octanol–water partition coefficient (Wildman–Crippen LogP) is 2.08. The fourth-order valence-corrected chi connectivity index (χ4v) is 2.84. The number of furan rings is 1. The molecule has 7 nitrogen and oxygen atoms in total. The van der Waals surface area contributed by atoms with Crippen LogP contribution in [-0.2, 0) is 15.6 Å². The van der Waals surface area contributed by atoms with Crippen LogP contribution in [0.4, 0.5) is 5.95 Å². The molecule has 2 heterocycles. The van der Waals surface area contributed by atoms with Crippen LogP contribution in [0.5, 0.6) is 0 Å². The maximum absolute atomic E-state index is 12.2. The van der Waals surface area contributed by atoms with E-state index in [0.29, 0.717) is 0 Å². The summed E-state index contributed by atoms with van der Waals surface area (Å²) in [5.41, 5.74) is 1.47. The second-order valence-corrected chi connectivity index (χ2v) is 6.54. The molecule has 0 radical (unpaired) electrons. The molecule has 2 rings (SSSR count). The van der Waals surface area contributed by atoms with Crippen molar-refractivity contribution >= 4 is 15.8 Å². The molecule has 2 aromatic heterocycles. The van der Waals surface area contributed by atoms with Crippen molar-refractivity contribution in [2.24, 2.45) is 0 Å². The zero-order valence-corrected chi connectivity index (χ0v) is 12.9. The molecule has 0 aliphatic rings. The van der Waals surface area contributed by atoms with Gasteiger partial charge in [0.2, 0.25) is 5.95 Å². The summed E-state index contributed by atoms with van der Waals surface area (Å²) in [6.45, 7) is 3.59. The van der Waals surface area contributed by atoms with E-state index in [0.717, 1.165) is 17.6 Å². The number of nitrogens with one attached hydrogen (secondary N) is 1. The van der Waals surface area contributed by atoms with Crippen LogP contribution in [0.15, 0.2) is 40.0 Å². The number of hydrogen-bond donors (Lipinski definition) is 1. The summed E-state index contributed by atoms with van der Waals surface area (Å²) in [5.74, 6) is 0.122. The topological polar surface area (TPSA) is 109 Å². The fraction of sp³-hybridized carbons (Fsp3) is 0.214. The van der Waals surface area contributed by atoms with Gasteiger partial charge in [-0.2, -0.15) is 5.26 Å². The van der Waals surface area contributed by atoms with Crippen molar-refractivity contribution in [1.82, 2.24) is 9.97 Å². The average molecular weight is 318 g/mol. The molecule has 0 saturated heterocycles. The number of nitriles is 1. The third-order valence-electron chi connectivity index (χ3n) is 2.67. The van der Waals surface area contributed by atoms with Gasteiger partial charge in [0.25, 0.3) is 0 Å². The Labute approximate surface area is 128 Å². The van der Waals surface area contributed by atoms with Crippen LogP contribution in [0.1, 0.15) is 17.1 Å². The molecule has 114 valence electrons. The van der Waals surface area contributed by atoms with Crippen LogP contribution < -0.4 is 5.32 Å². The molecule has 22 heavy (non-hydrogen) atoms. The van der Waals surface area contributed by atoms with Crippen molar-refractivity contribution in [1.29, 1.82) is 5.26 Å². The number of sulfone groups is 1. The summed E-state index contributed by atoms with van der Waals surface area (Å²) in [6.07, 6.45) is 2.47. The summed E-state index contributed by atoms with van der Waals surface area (Å²) in [5, 5.41) is 11.7. The molecule has 0 amide bonds. The van der Waals surface area contributed by atoms with Crippen LogP contribution in [-0.4, -0.2) is 18.4 Å². The van der Waals surface area contributed by atoms with Crippen LogP contribution in [0, 0.1) is 25.2 Å². The number of allylic oxidation sites excluding steroid dienone is 1. The van der Waals surface area contributed by atoms with E-state index in [4.69, 9.17) is 9.68 Å². The van der Waals surface area contributed by atoms with Gasteiger partial charge in [-0.25, -0.2) is 18.4 Å². The van der Waals surface area contributed by atoms with Gasteiger partial charge < -0.3 is 9.73 Å². The number of aryl methyl sites for hydroxylation is 2. The molecule has 0 atom stereocenters. The van der Waals surface area contributed by atoms with E-state index in [9.17, 15) is 8.42 Å². The first-order chi connectivity index (χ1) is 10.4. The van der Waals surface area contributed by atoms with Gasteiger partial charge in [-0.1, -0.05) is 0 Å². The molecule has 0 aromatic carbocycles. The average Bonchev–Trinajstić information content (AvgIpc) is 2.90. The first-order valence-electron chi connectivity index (χ1n) is 6.35. The molecule has 0 saturated carbocycles. The summed E-state index contributed by atoms with van der Waals surface area (Å²) >= 11 is 0. The Bertz CT molecular complexity index is 813. The lowest BCUT2D eigenvalue weighted by molar-refractivity contribution is 0.522. The molecule has 8 heteroatoms. The van der Waals surface area contributed by atoms with E-state index in [1.54, 1.807) is 32.0 Å². The van der Waals surface area contributed by atoms with E-state index in [1.807, 2.05) is 0 Å². The molecular weight excluding hydrogens is 304 g/mol. The molecular formula is C14H14N4O3S. The van der Waals surface area contributed by atoms with Gasteiger partial charge in [0.05, 0.1) is 6.26 Å². The first kappa shape index (κ1) is 15.7. The summed E-state index contributed by atoms with van der Waals surface area (Å²) in [6, 6.07) is 6.57. The molecule has 0 bridgehead atoms. The first-order valence-corrected chi connectivity index (χ1v) is 8.00. The predicted molar refractivity (Wildman–Crippen MR) is 80.2 cm³/mol. The number of anilines is 1. The van der Waals surface area contributed by atoms with Gasteiger partial charge in [-0.15, -0.1) is 0 Å². The van der Waals surface area contributed by atoms with Gasteiger partial charge in [-0.3, -0.25) is 0 Å². The third kappa shape index (κ3) is 3.93. The van der Waals surface area contributed by atoms with Crippen LogP contribution in [0.2, 0.25) is 0 Å². The van der Waals surface area contributed by atoms with Crippen LogP contribution in [0.3, 0.4) is 0 Å². The van der Waals surface area contributed by atoms with Crippen LogP contribution in [0.25, 0.3) is 0 Å². The van der Waals surface area contributed by atoms with E-state index < -0.39 is 14.7 Å². The van der Waals surface area contributed by atoms with E-state index in [2.05, 4.69) is 15.3 Å². The maximum Gasteiger partial charge on any atom is 0.227 e. The standard InChI is InChI=1S/C14H14N4O3S/c1-10-6-11(2)18-14(17-10)16-8-13(7-15)22(19,20)9-12-4-3-5-21-12/h3-6,8H,9H2,1-2H3,(H,16,17,18)/b13-8-. The maximum atomic E-state index is 12.2. The Hall–Kier alpha value is -2.66. The minimum atomic E-state index is -3.80. The number of hydrogen-bond acceptors (Lipinski definition) is 7. The van der Waals surface area contributed by atoms with Crippen molar-refractivity contribution in [3.63, 3.8) is 0 Å². The Morgan fingerprint density at radius 1 is 1.41 bits per heavy atom. The zero-order valence-electron chi connectivity index (χ0n) is 12.1. The molecule has 2 aromatic rings. The Kier molecular flexibility index (Phi) is 4.58. The van der Waals surface area contributed by atoms with Gasteiger partial charge in [0.1, 0.15) is 17.6 Å². The minimum Gasteiger partial charge on any atom is -0.468 e. The van der Waals surface area contributed by atoms with E-state index in [1.165, 1.54) is 12.3 Å². The smallest absolute Gasteiger partial charge is 0.227 e. The van der Waals surface area contributed by atoms with Gasteiger partial charge >= 0.3 is 0 Å². The fourth-order valence-electron chi connectivity index (χ4n) is 1.77. The molecule has 1 N–H and O–H groups in total. The quantitative estimate of drug-likeness (QED) is 0.840. The Morgan fingerprint density at radius 3 is 2.64 bits per heavy atom. The van der Waals surface area contributed by atoms with Crippen molar-refractivity contribution in [3.05, 3.63) is 52.7 Å². The van der Waals surface area contributed by atoms with Crippen molar-refractivity contribution in [3.8, 4) is 6.07 Å².